The van der Waals surface area contributed by atoms with E-state index in [9.17, 15) is 9.59 Å². The Morgan fingerprint density at radius 3 is 2.91 bits per heavy atom. The zero-order valence-corrected chi connectivity index (χ0v) is 14.0. The molecule has 1 atom stereocenters. The summed E-state index contributed by atoms with van der Waals surface area (Å²) in [6, 6.07) is 3.37. The summed E-state index contributed by atoms with van der Waals surface area (Å²) < 4.78 is 0. The lowest BCUT2D eigenvalue weighted by molar-refractivity contribution is -0.126. The van der Waals surface area contributed by atoms with E-state index in [1.165, 1.54) is 11.3 Å². The third kappa shape index (κ3) is 4.55. The van der Waals surface area contributed by atoms with Gasteiger partial charge in [0, 0.05) is 19.6 Å². The van der Waals surface area contributed by atoms with Crippen LogP contribution in [0, 0.1) is 0 Å². The average molecular weight is 323 g/mol. The summed E-state index contributed by atoms with van der Waals surface area (Å²) in [5, 5.41) is 8.10. The predicted molar refractivity (Wildman–Crippen MR) is 89.2 cm³/mol. The molecule has 22 heavy (non-hydrogen) atoms. The van der Waals surface area contributed by atoms with Crippen molar-refractivity contribution in [1.29, 1.82) is 0 Å². The minimum Gasteiger partial charge on any atom is -0.353 e. The Labute approximate surface area is 136 Å². The molecule has 1 aromatic rings. The molecule has 0 aliphatic carbocycles. The second kappa shape index (κ2) is 8.90. The molecule has 0 aromatic carbocycles. The fourth-order valence-electron chi connectivity index (χ4n) is 2.68. The average Bonchev–Trinajstić information content (AvgIpc) is 3.08. The molecule has 2 amide bonds. The van der Waals surface area contributed by atoms with E-state index in [0.29, 0.717) is 18.0 Å². The van der Waals surface area contributed by atoms with Gasteiger partial charge in [-0.1, -0.05) is 13.0 Å². The number of carbonyl (C=O) groups excluding carboxylic acids is 2. The van der Waals surface area contributed by atoms with Crippen molar-refractivity contribution >= 4 is 23.2 Å². The summed E-state index contributed by atoms with van der Waals surface area (Å²) in [5.74, 6) is -0.0399. The molecule has 1 fully saturated rings. The number of hydrogen-bond acceptors (Lipinski definition) is 4. The Morgan fingerprint density at radius 2 is 2.18 bits per heavy atom. The second-order valence-corrected chi connectivity index (χ2v) is 6.48. The van der Waals surface area contributed by atoms with Crippen LogP contribution < -0.4 is 10.6 Å². The quantitative estimate of drug-likeness (QED) is 0.753. The molecule has 1 aromatic heterocycles. The van der Waals surface area contributed by atoms with E-state index in [-0.39, 0.29) is 17.9 Å². The van der Waals surface area contributed by atoms with Crippen molar-refractivity contribution in [1.82, 2.24) is 15.5 Å². The van der Waals surface area contributed by atoms with Crippen molar-refractivity contribution in [3.8, 4) is 0 Å². The van der Waals surface area contributed by atoms with Crippen molar-refractivity contribution < 1.29 is 9.59 Å². The highest BCUT2D eigenvalue weighted by molar-refractivity contribution is 7.12. The number of piperidine rings is 1. The second-order valence-electron chi connectivity index (χ2n) is 5.53. The Balaban J connectivity index is 1.89. The monoisotopic (exact) mass is 323 g/mol. The van der Waals surface area contributed by atoms with Crippen LogP contribution in [-0.4, -0.2) is 48.9 Å². The first-order valence-corrected chi connectivity index (χ1v) is 8.95. The molecule has 6 heteroatoms. The van der Waals surface area contributed by atoms with Gasteiger partial charge in [0.25, 0.3) is 5.91 Å². The van der Waals surface area contributed by atoms with Crippen molar-refractivity contribution in [3.05, 3.63) is 22.4 Å². The van der Waals surface area contributed by atoms with Crippen molar-refractivity contribution in [2.45, 2.75) is 38.6 Å². The highest BCUT2D eigenvalue weighted by Crippen LogP contribution is 2.21. The van der Waals surface area contributed by atoms with Gasteiger partial charge in [0.1, 0.15) is 6.04 Å². The van der Waals surface area contributed by atoms with E-state index in [2.05, 4.69) is 17.6 Å². The Kier molecular flexibility index (Phi) is 6.86. The van der Waals surface area contributed by atoms with Crippen molar-refractivity contribution in [2.24, 2.45) is 0 Å². The minimum atomic E-state index is -0.325. The normalized spacial score (nSPS) is 18.2. The highest BCUT2D eigenvalue weighted by Gasteiger charge is 2.32. The SMILES string of the molecule is CCCNCCNC(=O)C1CCCCN1C(=O)c1cccs1. The molecule has 0 radical (unpaired) electrons. The first kappa shape index (κ1) is 17.0. The van der Waals surface area contributed by atoms with Crippen LogP contribution in [0.1, 0.15) is 42.3 Å². The van der Waals surface area contributed by atoms with E-state index >= 15 is 0 Å². The van der Waals surface area contributed by atoms with Crippen molar-refractivity contribution in [3.63, 3.8) is 0 Å². The Morgan fingerprint density at radius 1 is 1.32 bits per heavy atom. The molecule has 1 saturated heterocycles. The number of carbonyl (C=O) groups is 2. The molecule has 2 heterocycles. The fourth-order valence-corrected chi connectivity index (χ4v) is 3.36. The Hall–Kier alpha value is -1.40. The van der Waals surface area contributed by atoms with Gasteiger partial charge in [-0.05, 0) is 43.7 Å². The van der Waals surface area contributed by atoms with Gasteiger partial charge < -0.3 is 15.5 Å². The fraction of sp³-hybridized carbons (Fsp3) is 0.625. The largest absolute Gasteiger partial charge is 0.353 e. The van der Waals surface area contributed by atoms with E-state index in [0.717, 1.165) is 38.8 Å². The molecule has 1 unspecified atom stereocenters. The lowest BCUT2D eigenvalue weighted by atomic mass is 10.0. The molecular formula is C16H25N3O2S. The van der Waals surface area contributed by atoms with Gasteiger partial charge in [-0.15, -0.1) is 11.3 Å². The molecule has 0 spiro atoms. The van der Waals surface area contributed by atoms with E-state index < -0.39 is 0 Å². The molecular weight excluding hydrogens is 298 g/mol. The number of nitrogens with one attached hydrogen (secondary N) is 2. The molecule has 0 saturated carbocycles. The summed E-state index contributed by atoms with van der Waals surface area (Å²) in [5.41, 5.74) is 0. The molecule has 1 aliphatic rings. The van der Waals surface area contributed by atoms with Crippen LogP contribution in [0.3, 0.4) is 0 Å². The number of thiophene rings is 1. The number of rotatable bonds is 7. The maximum atomic E-state index is 12.5. The summed E-state index contributed by atoms with van der Waals surface area (Å²) in [7, 11) is 0. The first-order valence-electron chi connectivity index (χ1n) is 8.07. The van der Waals surface area contributed by atoms with Gasteiger partial charge in [-0.2, -0.15) is 0 Å². The number of hydrogen-bond donors (Lipinski definition) is 2. The van der Waals surface area contributed by atoms with Gasteiger partial charge in [0.2, 0.25) is 5.91 Å². The van der Waals surface area contributed by atoms with E-state index in [4.69, 9.17) is 0 Å². The molecule has 2 rings (SSSR count). The lowest BCUT2D eigenvalue weighted by Crippen LogP contribution is -2.52. The third-order valence-corrected chi connectivity index (χ3v) is 4.68. The topological polar surface area (TPSA) is 61.4 Å². The number of nitrogens with zero attached hydrogens (tertiary/aromatic N) is 1. The third-order valence-electron chi connectivity index (χ3n) is 3.83. The van der Waals surface area contributed by atoms with Crippen molar-refractivity contribution in [2.75, 3.05) is 26.2 Å². The molecule has 5 nitrogen and oxygen atoms in total. The van der Waals surface area contributed by atoms with Crippen LogP contribution in [0.2, 0.25) is 0 Å². The summed E-state index contributed by atoms with van der Waals surface area (Å²) >= 11 is 1.43. The van der Waals surface area contributed by atoms with E-state index in [1.807, 2.05) is 17.5 Å². The summed E-state index contributed by atoms with van der Waals surface area (Å²) in [6.07, 6.45) is 3.81. The van der Waals surface area contributed by atoms with Gasteiger partial charge in [-0.25, -0.2) is 0 Å². The zero-order valence-electron chi connectivity index (χ0n) is 13.1. The standard InChI is InChI=1S/C16H25N3O2S/c1-2-8-17-9-10-18-15(20)13-6-3-4-11-19(13)16(21)14-7-5-12-22-14/h5,7,12-13,17H,2-4,6,8-11H2,1H3,(H,18,20). The number of amides is 2. The first-order chi connectivity index (χ1) is 10.7. The molecule has 2 N–H and O–H groups in total. The van der Waals surface area contributed by atoms with Gasteiger partial charge in [0.05, 0.1) is 4.88 Å². The van der Waals surface area contributed by atoms with Crippen LogP contribution in [-0.2, 0) is 4.79 Å². The smallest absolute Gasteiger partial charge is 0.264 e. The molecule has 0 bridgehead atoms. The van der Waals surface area contributed by atoms with Crippen LogP contribution in [0.25, 0.3) is 0 Å². The molecule has 122 valence electrons. The summed E-state index contributed by atoms with van der Waals surface area (Å²) in [6.45, 7) is 5.12. The molecule has 1 aliphatic heterocycles. The van der Waals surface area contributed by atoms with Crippen LogP contribution in [0.4, 0.5) is 0 Å². The van der Waals surface area contributed by atoms with Crippen LogP contribution >= 0.6 is 11.3 Å². The zero-order chi connectivity index (χ0) is 15.8. The maximum Gasteiger partial charge on any atom is 0.264 e. The lowest BCUT2D eigenvalue weighted by Gasteiger charge is -2.34. The number of likely N-dealkylation sites (tertiary alicyclic amines) is 1. The minimum absolute atomic E-state index is 0.0149. The Bertz CT molecular complexity index is 476. The van der Waals surface area contributed by atoms with Crippen LogP contribution in [0.15, 0.2) is 17.5 Å². The van der Waals surface area contributed by atoms with Crippen LogP contribution in [0.5, 0.6) is 0 Å². The predicted octanol–water partition coefficient (Wildman–Crippen LogP) is 1.86. The van der Waals surface area contributed by atoms with Gasteiger partial charge in [0.15, 0.2) is 0 Å². The van der Waals surface area contributed by atoms with Gasteiger partial charge >= 0.3 is 0 Å². The highest BCUT2D eigenvalue weighted by atomic mass is 32.1. The maximum absolute atomic E-state index is 12.5. The van der Waals surface area contributed by atoms with Gasteiger partial charge in [-0.3, -0.25) is 9.59 Å². The van der Waals surface area contributed by atoms with E-state index in [1.54, 1.807) is 4.90 Å². The summed E-state index contributed by atoms with van der Waals surface area (Å²) in [4.78, 5) is 27.4.